The van der Waals surface area contributed by atoms with E-state index < -0.39 is 0 Å². The summed E-state index contributed by atoms with van der Waals surface area (Å²) in [5.74, 6) is 0.256. The molecule has 2 unspecified atom stereocenters. The number of allylic oxidation sites excluding steroid dienone is 1. The fraction of sp³-hybridized carbons (Fsp3) is 0.786. The molecule has 1 fully saturated rings. The molecule has 0 aromatic carbocycles. The van der Waals surface area contributed by atoms with E-state index in [1.165, 1.54) is 12.8 Å². The van der Waals surface area contributed by atoms with E-state index in [9.17, 15) is 4.79 Å². The van der Waals surface area contributed by atoms with E-state index in [4.69, 9.17) is 0 Å². The molecule has 2 atom stereocenters. The highest BCUT2D eigenvalue weighted by molar-refractivity contribution is 5.82. The number of likely N-dealkylation sites (tertiary alicyclic amines) is 1. The van der Waals surface area contributed by atoms with Crippen molar-refractivity contribution in [1.29, 1.82) is 0 Å². The molecule has 0 aromatic heterocycles. The summed E-state index contributed by atoms with van der Waals surface area (Å²) in [5, 5.41) is 3.22. The Morgan fingerprint density at radius 3 is 2.94 bits per heavy atom. The topological polar surface area (TPSA) is 32.3 Å². The van der Waals surface area contributed by atoms with Crippen molar-refractivity contribution in [3.63, 3.8) is 0 Å². The lowest BCUT2D eigenvalue weighted by atomic mass is 9.98. The van der Waals surface area contributed by atoms with Gasteiger partial charge in [0.2, 0.25) is 5.91 Å². The third-order valence-corrected chi connectivity index (χ3v) is 3.94. The molecule has 0 saturated carbocycles. The van der Waals surface area contributed by atoms with Crippen LogP contribution in [0.4, 0.5) is 0 Å². The van der Waals surface area contributed by atoms with Crippen LogP contribution in [0.25, 0.3) is 0 Å². The number of piperidine rings is 1. The average Bonchev–Trinajstić information content (AvgIpc) is 2.40. The molecule has 1 amide bonds. The molecule has 1 aliphatic carbocycles. The summed E-state index contributed by atoms with van der Waals surface area (Å²) >= 11 is 0. The summed E-state index contributed by atoms with van der Waals surface area (Å²) in [7, 11) is 0. The fourth-order valence-corrected chi connectivity index (χ4v) is 2.89. The van der Waals surface area contributed by atoms with Crippen molar-refractivity contribution in [2.75, 3.05) is 13.1 Å². The molecule has 3 nitrogen and oxygen atoms in total. The van der Waals surface area contributed by atoms with Gasteiger partial charge in [-0.2, -0.15) is 0 Å². The SMILES string of the molecule is CCN1CCCCC1C(=O)NC1CC=CCC1. The second-order valence-electron chi connectivity index (χ2n) is 5.13. The lowest BCUT2D eigenvalue weighted by molar-refractivity contribution is -0.128. The van der Waals surface area contributed by atoms with Gasteiger partial charge in [0.05, 0.1) is 6.04 Å². The molecule has 2 aliphatic rings. The molecule has 1 heterocycles. The van der Waals surface area contributed by atoms with Gasteiger partial charge in [-0.05, 0) is 45.2 Å². The van der Waals surface area contributed by atoms with Crippen molar-refractivity contribution in [3.05, 3.63) is 12.2 Å². The highest BCUT2D eigenvalue weighted by atomic mass is 16.2. The van der Waals surface area contributed by atoms with Gasteiger partial charge in [-0.15, -0.1) is 0 Å². The van der Waals surface area contributed by atoms with Gasteiger partial charge in [0.15, 0.2) is 0 Å². The first-order chi connectivity index (χ1) is 8.31. The zero-order chi connectivity index (χ0) is 12.1. The predicted molar refractivity (Wildman–Crippen MR) is 69.8 cm³/mol. The van der Waals surface area contributed by atoms with E-state index in [0.717, 1.165) is 38.8 Å². The summed E-state index contributed by atoms with van der Waals surface area (Å²) < 4.78 is 0. The molecule has 0 radical (unpaired) electrons. The summed E-state index contributed by atoms with van der Waals surface area (Å²) in [6.45, 7) is 4.22. The maximum atomic E-state index is 12.3. The van der Waals surface area contributed by atoms with Crippen molar-refractivity contribution >= 4 is 5.91 Å². The number of rotatable bonds is 3. The van der Waals surface area contributed by atoms with Crippen LogP contribution in [0.5, 0.6) is 0 Å². The Labute approximate surface area is 104 Å². The number of hydrogen-bond acceptors (Lipinski definition) is 2. The van der Waals surface area contributed by atoms with Crippen LogP contribution in [-0.2, 0) is 4.79 Å². The molecule has 2 rings (SSSR count). The number of carbonyl (C=O) groups excluding carboxylic acids is 1. The van der Waals surface area contributed by atoms with Crippen molar-refractivity contribution in [2.24, 2.45) is 0 Å². The molecule has 0 aromatic rings. The number of nitrogens with one attached hydrogen (secondary N) is 1. The third kappa shape index (κ3) is 3.32. The molecule has 1 N–H and O–H groups in total. The van der Waals surface area contributed by atoms with Crippen LogP contribution in [-0.4, -0.2) is 36.0 Å². The third-order valence-electron chi connectivity index (χ3n) is 3.94. The van der Waals surface area contributed by atoms with Crippen molar-refractivity contribution < 1.29 is 4.79 Å². The smallest absolute Gasteiger partial charge is 0.237 e. The molecule has 96 valence electrons. The highest BCUT2D eigenvalue weighted by Crippen LogP contribution is 2.18. The van der Waals surface area contributed by atoms with Crippen LogP contribution in [0.3, 0.4) is 0 Å². The number of likely N-dealkylation sites (N-methyl/N-ethyl adjacent to an activating group) is 1. The van der Waals surface area contributed by atoms with Crippen LogP contribution in [0, 0.1) is 0 Å². The van der Waals surface area contributed by atoms with E-state index in [1.54, 1.807) is 0 Å². The minimum atomic E-state index is 0.125. The summed E-state index contributed by atoms with van der Waals surface area (Å²) in [5.41, 5.74) is 0. The van der Waals surface area contributed by atoms with Gasteiger partial charge < -0.3 is 5.32 Å². The van der Waals surface area contributed by atoms with E-state index in [2.05, 4.69) is 29.3 Å². The first-order valence-electron chi connectivity index (χ1n) is 7.00. The first-order valence-corrected chi connectivity index (χ1v) is 7.00. The van der Waals surface area contributed by atoms with Crippen molar-refractivity contribution in [1.82, 2.24) is 10.2 Å². The van der Waals surface area contributed by atoms with E-state index in [-0.39, 0.29) is 11.9 Å². The number of nitrogens with zero attached hydrogens (tertiary/aromatic N) is 1. The number of amides is 1. The number of hydrogen-bond donors (Lipinski definition) is 1. The Morgan fingerprint density at radius 2 is 2.24 bits per heavy atom. The average molecular weight is 236 g/mol. The molecule has 3 heteroatoms. The van der Waals surface area contributed by atoms with Crippen molar-refractivity contribution in [3.8, 4) is 0 Å². The zero-order valence-electron chi connectivity index (χ0n) is 10.8. The van der Waals surface area contributed by atoms with Crippen LogP contribution in [0.15, 0.2) is 12.2 Å². The Hall–Kier alpha value is -0.830. The first kappa shape index (κ1) is 12.6. The normalized spacial score (nSPS) is 30.2. The molecule has 0 spiro atoms. The largest absolute Gasteiger partial charge is 0.352 e. The minimum Gasteiger partial charge on any atom is -0.352 e. The van der Waals surface area contributed by atoms with E-state index in [0.29, 0.717) is 6.04 Å². The van der Waals surface area contributed by atoms with Gasteiger partial charge in [0, 0.05) is 6.04 Å². The van der Waals surface area contributed by atoms with E-state index >= 15 is 0 Å². The van der Waals surface area contributed by atoms with Crippen LogP contribution >= 0.6 is 0 Å². The molecule has 1 saturated heterocycles. The fourth-order valence-electron chi connectivity index (χ4n) is 2.89. The summed E-state index contributed by atoms with van der Waals surface area (Å²) in [6, 6.07) is 0.493. The van der Waals surface area contributed by atoms with Crippen molar-refractivity contribution in [2.45, 2.75) is 57.5 Å². The van der Waals surface area contributed by atoms with Gasteiger partial charge in [0.25, 0.3) is 0 Å². The highest BCUT2D eigenvalue weighted by Gasteiger charge is 2.28. The van der Waals surface area contributed by atoms with E-state index in [1.807, 2.05) is 0 Å². The summed E-state index contributed by atoms with van der Waals surface area (Å²) in [6.07, 6.45) is 11.1. The lowest BCUT2D eigenvalue weighted by Crippen LogP contribution is -2.51. The Bertz CT molecular complexity index is 288. The van der Waals surface area contributed by atoms with Crippen LogP contribution in [0.2, 0.25) is 0 Å². The van der Waals surface area contributed by atoms with Crippen LogP contribution in [0.1, 0.15) is 45.4 Å². The van der Waals surface area contributed by atoms with Gasteiger partial charge in [-0.3, -0.25) is 9.69 Å². The second kappa shape index (κ2) is 6.20. The maximum absolute atomic E-state index is 12.3. The minimum absolute atomic E-state index is 0.125. The maximum Gasteiger partial charge on any atom is 0.237 e. The Balaban J connectivity index is 1.87. The predicted octanol–water partition coefficient (Wildman–Crippen LogP) is 2.09. The molecular formula is C14H24N2O. The Kier molecular flexibility index (Phi) is 4.60. The summed E-state index contributed by atoms with van der Waals surface area (Å²) in [4.78, 5) is 14.6. The number of carbonyl (C=O) groups is 1. The monoisotopic (exact) mass is 236 g/mol. The Morgan fingerprint density at radius 1 is 1.35 bits per heavy atom. The van der Waals surface area contributed by atoms with Crippen LogP contribution < -0.4 is 5.32 Å². The molecule has 1 aliphatic heterocycles. The standard InChI is InChI=1S/C14H24N2O/c1-2-16-11-7-6-10-13(16)14(17)15-12-8-4-3-5-9-12/h3-4,12-13H,2,5-11H2,1H3,(H,15,17). The molecule has 0 bridgehead atoms. The lowest BCUT2D eigenvalue weighted by Gasteiger charge is -2.34. The second-order valence-corrected chi connectivity index (χ2v) is 5.13. The quantitative estimate of drug-likeness (QED) is 0.761. The van der Waals surface area contributed by atoms with Gasteiger partial charge >= 0.3 is 0 Å². The van der Waals surface area contributed by atoms with Gasteiger partial charge in [0.1, 0.15) is 0 Å². The molecular weight excluding hydrogens is 212 g/mol. The molecule has 17 heavy (non-hydrogen) atoms. The van der Waals surface area contributed by atoms with Gasteiger partial charge in [-0.25, -0.2) is 0 Å². The van der Waals surface area contributed by atoms with Gasteiger partial charge in [-0.1, -0.05) is 25.5 Å². The zero-order valence-corrected chi connectivity index (χ0v) is 10.8.